The number of carboxylic acids is 1. The van der Waals surface area contributed by atoms with Crippen molar-refractivity contribution in [2.75, 3.05) is 13.2 Å². The summed E-state index contributed by atoms with van der Waals surface area (Å²) in [6.07, 6.45) is -1.35. The van der Waals surface area contributed by atoms with Gasteiger partial charge in [0.1, 0.15) is 0 Å². The van der Waals surface area contributed by atoms with Gasteiger partial charge in [-0.2, -0.15) is 0 Å². The van der Waals surface area contributed by atoms with Crippen molar-refractivity contribution in [3.8, 4) is 0 Å². The van der Waals surface area contributed by atoms with Crippen LogP contribution in [0.15, 0.2) is 24.3 Å². The fraction of sp³-hybridized carbons (Fsp3) is 0.308. The van der Waals surface area contributed by atoms with E-state index in [2.05, 4.69) is 0 Å². The van der Waals surface area contributed by atoms with Crippen LogP contribution in [-0.2, 0) is 14.3 Å². The first-order valence-electron chi connectivity index (χ1n) is 6.02. The molecule has 0 aliphatic carbocycles. The molecule has 0 aromatic heterocycles. The van der Waals surface area contributed by atoms with Gasteiger partial charge in [0, 0.05) is 0 Å². The Kier molecular flexibility index (Phi) is 3.00. The van der Waals surface area contributed by atoms with Crippen LogP contribution in [0.1, 0.15) is 20.7 Å². The summed E-state index contributed by atoms with van der Waals surface area (Å²) in [6, 6.07) is 5.92. The number of fused-ring (bicyclic) bond motifs is 1. The van der Waals surface area contributed by atoms with Gasteiger partial charge in [0.25, 0.3) is 18.1 Å². The highest BCUT2D eigenvalue weighted by molar-refractivity contribution is 6.21. The average Bonchev–Trinajstić information content (AvgIpc) is 2.72. The van der Waals surface area contributed by atoms with Crippen LogP contribution in [0.5, 0.6) is 0 Å². The van der Waals surface area contributed by atoms with Crippen molar-refractivity contribution >= 4 is 17.8 Å². The number of nitrogens with zero attached hydrogens (tertiary/aromatic N) is 1. The molecule has 0 saturated carbocycles. The molecule has 0 bridgehead atoms. The molecule has 2 heterocycles. The van der Waals surface area contributed by atoms with E-state index in [1.807, 2.05) is 0 Å². The number of ether oxygens (including phenoxy) is 2. The van der Waals surface area contributed by atoms with Gasteiger partial charge in [-0.15, -0.1) is 0 Å². The van der Waals surface area contributed by atoms with E-state index in [4.69, 9.17) is 14.6 Å². The number of benzene rings is 1. The lowest BCUT2D eigenvalue weighted by molar-refractivity contribution is -0.214. The average molecular weight is 277 g/mol. The minimum atomic E-state index is -1.35. The molecule has 0 unspecified atom stereocenters. The van der Waals surface area contributed by atoms with Gasteiger partial charge in [-0.3, -0.25) is 14.5 Å². The van der Waals surface area contributed by atoms with Crippen molar-refractivity contribution < 1.29 is 29.0 Å². The third-order valence-electron chi connectivity index (χ3n) is 3.27. The van der Waals surface area contributed by atoms with Gasteiger partial charge in [0.05, 0.1) is 30.4 Å². The Morgan fingerprint density at radius 1 is 1.10 bits per heavy atom. The van der Waals surface area contributed by atoms with Crippen molar-refractivity contribution in [3.05, 3.63) is 35.4 Å². The van der Waals surface area contributed by atoms with Gasteiger partial charge in [-0.25, -0.2) is 4.79 Å². The zero-order valence-corrected chi connectivity index (χ0v) is 10.3. The summed E-state index contributed by atoms with van der Waals surface area (Å²) in [7, 11) is 0. The van der Waals surface area contributed by atoms with Crippen LogP contribution < -0.4 is 0 Å². The third kappa shape index (κ3) is 1.87. The molecule has 1 aromatic rings. The van der Waals surface area contributed by atoms with Gasteiger partial charge in [0.15, 0.2) is 0 Å². The Morgan fingerprint density at radius 2 is 1.60 bits per heavy atom. The van der Waals surface area contributed by atoms with Crippen LogP contribution in [-0.4, -0.2) is 53.3 Å². The topological polar surface area (TPSA) is 93.1 Å². The first kappa shape index (κ1) is 12.8. The van der Waals surface area contributed by atoms with Gasteiger partial charge in [-0.1, -0.05) is 12.1 Å². The van der Waals surface area contributed by atoms with E-state index in [9.17, 15) is 14.4 Å². The fourth-order valence-corrected chi connectivity index (χ4v) is 2.32. The first-order valence-corrected chi connectivity index (χ1v) is 6.02. The summed E-state index contributed by atoms with van der Waals surface area (Å²) in [5, 5.41) is 8.74. The fourth-order valence-electron chi connectivity index (χ4n) is 2.32. The zero-order chi connectivity index (χ0) is 14.3. The maximum Gasteiger partial charge on any atom is 0.361 e. The van der Waals surface area contributed by atoms with Crippen molar-refractivity contribution in [2.24, 2.45) is 0 Å². The number of hydrogen-bond acceptors (Lipinski definition) is 5. The molecule has 0 atom stereocenters. The first-order chi connectivity index (χ1) is 9.59. The SMILES string of the molecule is O=C(O)C1OCC(N2C(=O)c3ccccc3C2=O)CO1. The second-order valence-electron chi connectivity index (χ2n) is 4.52. The van der Waals surface area contributed by atoms with Gasteiger partial charge < -0.3 is 14.6 Å². The predicted molar refractivity (Wildman–Crippen MR) is 64.1 cm³/mol. The molecule has 3 rings (SSSR count). The summed E-state index contributed by atoms with van der Waals surface area (Å²) in [5.74, 6) is -2.04. The largest absolute Gasteiger partial charge is 0.477 e. The molecule has 0 spiro atoms. The molecule has 2 aliphatic rings. The second kappa shape index (κ2) is 4.69. The van der Waals surface area contributed by atoms with Crippen LogP contribution in [0.4, 0.5) is 0 Å². The van der Waals surface area contributed by atoms with Gasteiger partial charge in [0.2, 0.25) is 0 Å². The van der Waals surface area contributed by atoms with E-state index >= 15 is 0 Å². The van der Waals surface area contributed by atoms with Crippen molar-refractivity contribution in [2.45, 2.75) is 12.3 Å². The standard InChI is InChI=1S/C13H11NO6/c15-10-8-3-1-2-4-9(8)11(16)14(10)7-5-19-13(12(17)18)20-6-7/h1-4,7,13H,5-6H2,(H,17,18). The molecule has 104 valence electrons. The molecule has 7 nitrogen and oxygen atoms in total. The van der Waals surface area contributed by atoms with Crippen LogP contribution in [0, 0.1) is 0 Å². The van der Waals surface area contributed by atoms with Crippen LogP contribution >= 0.6 is 0 Å². The number of rotatable bonds is 2. The van der Waals surface area contributed by atoms with E-state index in [1.165, 1.54) is 0 Å². The highest BCUT2D eigenvalue weighted by Crippen LogP contribution is 2.26. The van der Waals surface area contributed by atoms with E-state index < -0.39 is 30.1 Å². The van der Waals surface area contributed by atoms with E-state index in [0.29, 0.717) is 11.1 Å². The Balaban J connectivity index is 1.79. The summed E-state index contributed by atoms with van der Waals surface area (Å²) < 4.78 is 9.98. The molecule has 1 N–H and O–H groups in total. The number of carboxylic acid groups (broad SMARTS) is 1. The van der Waals surface area contributed by atoms with Crippen LogP contribution in [0.3, 0.4) is 0 Å². The normalized spacial score (nSPS) is 25.7. The van der Waals surface area contributed by atoms with Crippen LogP contribution in [0.25, 0.3) is 0 Å². The summed E-state index contributed by atoms with van der Waals surface area (Å²) in [5.41, 5.74) is 0.690. The lowest BCUT2D eigenvalue weighted by atomic mass is 10.1. The molecule has 1 fully saturated rings. The Bertz CT molecular complexity index is 555. The molecule has 2 aliphatic heterocycles. The molecule has 0 radical (unpaired) electrons. The smallest absolute Gasteiger partial charge is 0.361 e. The molecule has 2 amide bonds. The molecule has 7 heteroatoms. The highest BCUT2D eigenvalue weighted by Gasteiger charge is 2.42. The number of carbonyl (C=O) groups excluding carboxylic acids is 2. The molecule has 1 saturated heterocycles. The molecule has 20 heavy (non-hydrogen) atoms. The monoisotopic (exact) mass is 277 g/mol. The minimum absolute atomic E-state index is 0.0531. The Hall–Kier alpha value is -2.25. The number of imide groups is 1. The maximum absolute atomic E-state index is 12.2. The molecular weight excluding hydrogens is 266 g/mol. The summed E-state index contributed by atoms with van der Waals surface area (Å²) in [4.78, 5) is 36.2. The van der Waals surface area contributed by atoms with Crippen molar-refractivity contribution in [3.63, 3.8) is 0 Å². The minimum Gasteiger partial charge on any atom is -0.477 e. The summed E-state index contributed by atoms with van der Waals surface area (Å²) in [6.45, 7) is -0.106. The lowest BCUT2D eigenvalue weighted by Gasteiger charge is -2.31. The number of carbonyl (C=O) groups is 3. The lowest BCUT2D eigenvalue weighted by Crippen LogP contribution is -2.51. The zero-order valence-electron chi connectivity index (χ0n) is 10.3. The Morgan fingerprint density at radius 3 is 2.05 bits per heavy atom. The van der Waals surface area contributed by atoms with E-state index in [0.717, 1.165) is 4.90 Å². The number of amides is 2. The van der Waals surface area contributed by atoms with E-state index in [1.54, 1.807) is 24.3 Å². The number of hydrogen-bond donors (Lipinski definition) is 1. The Labute approximate surface area is 113 Å². The molecule has 1 aromatic carbocycles. The van der Waals surface area contributed by atoms with E-state index in [-0.39, 0.29) is 13.2 Å². The predicted octanol–water partition coefficient (Wildman–Crippen LogP) is 0.109. The quantitative estimate of drug-likeness (QED) is 0.771. The molecular formula is C13H11NO6. The highest BCUT2D eigenvalue weighted by atomic mass is 16.7. The van der Waals surface area contributed by atoms with Gasteiger partial charge in [-0.05, 0) is 12.1 Å². The second-order valence-corrected chi connectivity index (χ2v) is 4.52. The van der Waals surface area contributed by atoms with Gasteiger partial charge >= 0.3 is 5.97 Å². The van der Waals surface area contributed by atoms with Crippen molar-refractivity contribution in [1.29, 1.82) is 0 Å². The van der Waals surface area contributed by atoms with Crippen LogP contribution in [0.2, 0.25) is 0 Å². The third-order valence-corrected chi connectivity index (χ3v) is 3.27. The number of aliphatic carboxylic acids is 1. The maximum atomic E-state index is 12.2. The van der Waals surface area contributed by atoms with Crippen molar-refractivity contribution in [1.82, 2.24) is 4.90 Å². The summed E-state index contributed by atoms with van der Waals surface area (Å²) >= 11 is 0.